The third-order valence-electron chi connectivity index (χ3n) is 2.67. The third-order valence-corrected chi connectivity index (χ3v) is 3.23. The maximum Gasteiger partial charge on any atom is 0.132 e. The number of hydrogen-bond donors (Lipinski definition) is 0. The van der Waals surface area contributed by atoms with Gasteiger partial charge in [0, 0.05) is 29.7 Å². The van der Waals surface area contributed by atoms with E-state index in [4.69, 9.17) is 0 Å². The number of alkyl halides is 1. The molecule has 0 saturated heterocycles. The molecule has 0 aromatic carbocycles. The smallest absolute Gasteiger partial charge is 0.132 e. The summed E-state index contributed by atoms with van der Waals surface area (Å²) in [5.74, 6) is 1.06. The molecular formula is C13H22BrN3. The van der Waals surface area contributed by atoms with Crippen molar-refractivity contribution in [3.63, 3.8) is 0 Å². The lowest BCUT2D eigenvalue weighted by molar-refractivity contribution is 0.662. The van der Waals surface area contributed by atoms with Gasteiger partial charge in [-0.15, -0.1) is 0 Å². The average Bonchev–Trinajstić information content (AvgIpc) is 2.30. The summed E-state index contributed by atoms with van der Waals surface area (Å²) in [6.07, 6.45) is 4.97. The zero-order valence-electron chi connectivity index (χ0n) is 11.0. The van der Waals surface area contributed by atoms with Crippen molar-refractivity contribution in [2.75, 3.05) is 16.8 Å². The van der Waals surface area contributed by atoms with Crippen molar-refractivity contribution in [3.8, 4) is 0 Å². The topological polar surface area (TPSA) is 29.0 Å². The van der Waals surface area contributed by atoms with Gasteiger partial charge in [-0.2, -0.15) is 0 Å². The number of rotatable bonds is 7. The molecule has 0 radical (unpaired) electrons. The van der Waals surface area contributed by atoms with Gasteiger partial charge in [0.1, 0.15) is 12.1 Å². The van der Waals surface area contributed by atoms with E-state index in [0.717, 1.165) is 42.6 Å². The quantitative estimate of drug-likeness (QED) is 0.722. The average molecular weight is 300 g/mol. The minimum Gasteiger partial charge on any atom is -0.354 e. The van der Waals surface area contributed by atoms with E-state index in [1.54, 1.807) is 6.33 Å². The van der Waals surface area contributed by atoms with Gasteiger partial charge in [0.25, 0.3) is 0 Å². The second-order valence-electron chi connectivity index (χ2n) is 4.45. The molecule has 1 aromatic rings. The molecule has 0 unspecified atom stereocenters. The summed E-state index contributed by atoms with van der Waals surface area (Å²) in [6, 6.07) is 2.59. The molecular weight excluding hydrogens is 278 g/mol. The first-order chi connectivity index (χ1) is 8.19. The largest absolute Gasteiger partial charge is 0.354 e. The maximum absolute atomic E-state index is 4.40. The SMILES string of the molecule is CCCc1cc(N(CCCBr)C(C)C)ncn1. The zero-order chi connectivity index (χ0) is 12.7. The van der Waals surface area contributed by atoms with Crippen LogP contribution in [0.3, 0.4) is 0 Å². The van der Waals surface area contributed by atoms with E-state index < -0.39 is 0 Å². The number of anilines is 1. The van der Waals surface area contributed by atoms with Crippen LogP contribution in [0.2, 0.25) is 0 Å². The van der Waals surface area contributed by atoms with Gasteiger partial charge in [-0.05, 0) is 26.7 Å². The van der Waals surface area contributed by atoms with Gasteiger partial charge in [-0.1, -0.05) is 29.3 Å². The number of aromatic nitrogens is 2. The van der Waals surface area contributed by atoms with Gasteiger partial charge < -0.3 is 4.90 Å². The molecule has 1 heterocycles. The van der Waals surface area contributed by atoms with Crippen LogP contribution in [0.1, 0.15) is 39.3 Å². The Balaban J connectivity index is 2.81. The standard InChI is InChI=1S/C13H22BrN3/c1-4-6-12-9-13(16-10-15-12)17(11(2)3)8-5-7-14/h9-11H,4-8H2,1-3H3. The summed E-state index contributed by atoms with van der Waals surface area (Å²) in [5, 5.41) is 1.03. The Bertz CT molecular complexity index is 328. The molecule has 0 aliphatic carbocycles. The Hall–Kier alpha value is -0.640. The van der Waals surface area contributed by atoms with E-state index in [0.29, 0.717) is 6.04 Å². The van der Waals surface area contributed by atoms with Crippen molar-refractivity contribution in [3.05, 3.63) is 18.1 Å². The molecule has 0 aliphatic heterocycles. The van der Waals surface area contributed by atoms with Gasteiger partial charge in [-0.25, -0.2) is 9.97 Å². The Kier molecular flexibility index (Phi) is 6.48. The highest BCUT2D eigenvalue weighted by molar-refractivity contribution is 9.09. The second-order valence-corrected chi connectivity index (χ2v) is 5.24. The Morgan fingerprint density at radius 2 is 2.12 bits per heavy atom. The van der Waals surface area contributed by atoms with Crippen molar-refractivity contribution in [1.29, 1.82) is 0 Å². The van der Waals surface area contributed by atoms with Gasteiger partial charge >= 0.3 is 0 Å². The molecule has 1 rings (SSSR count). The van der Waals surface area contributed by atoms with Gasteiger partial charge in [0.2, 0.25) is 0 Å². The molecule has 0 fully saturated rings. The molecule has 96 valence electrons. The number of nitrogens with zero attached hydrogens (tertiary/aromatic N) is 3. The summed E-state index contributed by atoms with van der Waals surface area (Å²) in [7, 11) is 0. The summed E-state index contributed by atoms with van der Waals surface area (Å²) in [4.78, 5) is 11.0. The minimum atomic E-state index is 0.471. The van der Waals surface area contributed by atoms with Crippen molar-refractivity contribution in [1.82, 2.24) is 9.97 Å². The van der Waals surface area contributed by atoms with E-state index in [-0.39, 0.29) is 0 Å². The molecule has 0 bridgehead atoms. The Labute approximate surface area is 113 Å². The van der Waals surface area contributed by atoms with Gasteiger partial charge in [0.05, 0.1) is 0 Å². The molecule has 17 heavy (non-hydrogen) atoms. The molecule has 0 aliphatic rings. The summed E-state index contributed by atoms with van der Waals surface area (Å²) in [5.41, 5.74) is 1.14. The Morgan fingerprint density at radius 1 is 1.35 bits per heavy atom. The molecule has 0 amide bonds. The van der Waals surface area contributed by atoms with Crippen LogP contribution in [-0.4, -0.2) is 27.9 Å². The fourth-order valence-electron chi connectivity index (χ4n) is 1.80. The highest BCUT2D eigenvalue weighted by atomic mass is 79.9. The number of halogens is 1. The predicted molar refractivity (Wildman–Crippen MR) is 76.9 cm³/mol. The first-order valence-corrected chi connectivity index (χ1v) is 7.44. The highest BCUT2D eigenvalue weighted by Crippen LogP contribution is 2.15. The molecule has 3 nitrogen and oxygen atoms in total. The summed E-state index contributed by atoms with van der Waals surface area (Å²) >= 11 is 3.48. The fraction of sp³-hybridized carbons (Fsp3) is 0.692. The van der Waals surface area contributed by atoms with Crippen LogP contribution < -0.4 is 4.90 Å². The molecule has 4 heteroatoms. The molecule has 0 saturated carbocycles. The van der Waals surface area contributed by atoms with Crippen molar-refractivity contribution >= 4 is 21.7 Å². The number of aryl methyl sites for hydroxylation is 1. The fourth-order valence-corrected chi connectivity index (χ4v) is 2.05. The van der Waals surface area contributed by atoms with Crippen LogP contribution in [-0.2, 0) is 6.42 Å². The highest BCUT2D eigenvalue weighted by Gasteiger charge is 2.11. The first-order valence-electron chi connectivity index (χ1n) is 6.32. The lowest BCUT2D eigenvalue weighted by Crippen LogP contribution is -2.32. The lowest BCUT2D eigenvalue weighted by atomic mass is 10.2. The minimum absolute atomic E-state index is 0.471. The lowest BCUT2D eigenvalue weighted by Gasteiger charge is -2.27. The van der Waals surface area contributed by atoms with E-state index in [2.05, 4.69) is 57.6 Å². The van der Waals surface area contributed by atoms with Gasteiger partial charge in [0.15, 0.2) is 0 Å². The van der Waals surface area contributed by atoms with Crippen molar-refractivity contribution in [2.24, 2.45) is 0 Å². The molecule has 0 N–H and O–H groups in total. The van der Waals surface area contributed by atoms with Crippen molar-refractivity contribution < 1.29 is 0 Å². The van der Waals surface area contributed by atoms with Crippen LogP contribution in [0.5, 0.6) is 0 Å². The summed E-state index contributed by atoms with van der Waals surface area (Å²) in [6.45, 7) is 7.62. The maximum atomic E-state index is 4.40. The summed E-state index contributed by atoms with van der Waals surface area (Å²) < 4.78 is 0. The monoisotopic (exact) mass is 299 g/mol. The van der Waals surface area contributed by atoms with Crippen LogP contribution >= 0.6 is 15.9 Å². The third kappa shape index (κ3) is 4.62. The van der Waals surface area contributed by atoms with E-state index in [1.165, 1.54) is 0 Å². The first kappa shape index (κ1) is 14.4. The van der Waals surface area contributed by atoms with E-state index in [9.17, 15) is 0 Å². The van der Waals surface area contributed by atoms with E-state index >= 15 is 0 Å². The zero-order valence-corrected chi connectivity index (χ0v) is 12.6. The van der Waals surface area contributed by atoms with Gasteiger partial charge in [-0.3, -0.25) is 0 Å². The van der Waals surface area contributed by atoms with E-state index in [1.807, 2.05) is 0 Å². The van der Waals surface area contributed by atoms with Crippen LogP contribution in [0.15, 0.2) is 12.4 Å². The second kappa shape index (κ2) is 7.64. The predicted octanol–water partition coefficient (Wildman–Crippen LogP) is 3.43. The molecule has 1 aromatic heterocycles. The molecule has 0 atom stereocenters. The number of hydrogen-bond acceptors (Lipinski definition) is 3. The van der Waals surface area contributed by atoms with Crippen LogP contribution in [0, 0.1) is 0 Å². The van der Waals surface area contributed by atoms with Crippen LogP contribution in [0.25, 0.3) is 0 Å². The van der Waals surface area contributed by atoms with Crippen molar-refractivity contribution in [2.45, 2.75) is 46.1 Å². The van der Waals surface area contributed by atoms with Crippen LogP contribution in [0.4, 0.5) is 5.82 Å². The molecule has 0 spiro atoms. The Morgan fingerprint density at radius 3 is 2.71 bits per heavy atom. The normalized spacial score (nSPS) is 10.9.